The molecule has 0 aliphatic heterocycles. The Labute approximate surface area is 113 Å². The van der Waals surface area contributed by atoms with Crippen molar-refractivity contribution in [3.63, 3.8) is 0 Å². The molecule has 0 saturated carbocycles. The molecule has 0 saturated heterocycles. The highest BCUT2D eigenvalue weighted by Gasteiger charge is 2.09. The molecule has 1 heterocycles. The van der Waals surface area contributed by atoms with Gasteiger partial charge in [-0.2, -0.15) is 0 Å². The summed E-state index contributed by atoms with van der Waals surface area (Å²) in [4.78, 5) is 4.05. The molecule has 3 heteroatoms. The monoisotopic (exact) mass is 257 g/mol. The van der Waals surface area contributed by atoms with Gasteiger partial charge in [0.15, 0.2) is 0 Å². The average molecular weight is 257 g/mol. The van der Waals surface area contributed by atoms with E-state index in [1.165, 1.54) is 0 Å². The highest BCUT2D eigenvalue weighted by Crippen LogP contribution is 2.21. The summed E-state index contributed by atoms with van der Waals surface area (Å²) in [5, 5.41) is 10.2. The highest BCUT2D eigenvalue weighted by atomic mass is 16.5. The Bertz CT molecular complexity index is 494. The van der Waals surface area contributed by atoms with Crippen molar-refractivity contribution in [2.75, 3.05) is 0 Å². The molecule has 0 aliphatic rings. The minimum atomic E-state index is -0.516. The number of aliphatic hydroxyl groups is 1. The van der Waals surface area contributed by atoms with E-state index in [1.54, 1.807) is 12.4 Å². The molecule has 0 aliphatic carbocycles. The van der Waals surface area contributed by atoms with Gasteiger partial charge in [-0.15, -0.1) is 0 Å². The molecule has 2 rings (SSSR count). The molecule has 1 atom stereocenters. The number of pyridine rings is 1. The van der Waals surface area contributed by atoms with Crippen LogP contribution in [0.1, 0.15) is 31.1 Å². The lowest BCUT2D eigenvalue weighted by Gasteiger charge is -2.13. The number of rotatable bonds is 5. The topological polar surface area (TPSA) is 42.4 Å². The number of aromatic nitrogens is 1. The lowest BCUT2D eigenvalue weighted by atomic mass is 10.0. The molecule has 3 nitrogen and oxygen atoms in total. The van der Waals surface area contributed by atoms with E-state index in [1.807, 2.05) is 50.2 Å². The molecule has 0 fully saturated rings. The van der Waals surface area contributed by atoms with Crippen LogP contribution in [-0.4, -0.2) is 16.2 Å². The van der Waals surface area contributed by atoms with E-state index in [4.69, 9.17) is 4.74 Å². The Kier molecular flexibility index (Phi) is 4.53. The van der Waals surface area contributed by atoms with Gasteiger partial charge in [0.05, 0.1) is 12.2 Å². The number of hydrogen-bond donors (Lipinski definition) is 1. The van der Waals surface area contributed by atoms with Crippen molar-refractivity contribution in [1.29, 1.82) is 0 Å². The average Bonchev–Trinajstić information content (AvgIpc) is 2.40. The summed E-state index contributed by atoms with van der Waals surface area (Å²) < 4.78 is 5.58. The first-order valence-corrected chi connectivity index (χ1v) is 6.48. The first-order chi connectivity index (χ1) is 9.15. The van der Waals surface area contributed by atoms with Crippen molar-refractivity contribution in [2.24, 2.45) is 0 Å². The van der Waals surface area contributed by atoms with E-state index >= 15 is 0 Å². The zero-order valence-corrected chi connectivity index (χ0v) is 11.3. The van der Waals surface area contributed by atoms with Crippen molar-refractivity contribution < 1.29 is 9.84 Å². The second-order valence-corrected chi connectivity index (χ2v) is 4.82. The van der Waals surface area contributed by atoms with Crippen LogP contribution >= 0.6 is 0 Å². The second-order valence-electron chi connectivity index (χ2n) is 4.82. The molecule has 1 N–H and O–H groups in total. The van der Waals surface area contributed by atoms with E-state index in [2.05, 4.69) is 4.98 Å². The van der Waals surface area contributed by atoms with Gasteiger partial charge in [-0.3, -0.25) is 4.98 Å². The smallest absolute Gasteiger partial charge is 0.119 e. The molecule has 1 aromatic carbocycles. The van der Waals surface area contributed by atoms with E-state index in [-0.39, 0.29) is 6.10 Å². The SMILES string of the molecule is CC(C)Oc1ccc(C(O)Cc2cccnc2)cc1. The fraction of sp³-hybridized carbons (Fsp3) is 0.312. The van der Waals surface area contributed by atoms with Crippen LogP contribution in [0.25, 0.3) is 0 Å². The molecule has 0 bridgehead atoms. The minimum Gasteiger partial charge on any atom is -0.491 e. The van der Waals surface area contributed by atoms with Gasteiger partial charge in [0.2, 0.25) is 0 Å². The number of hydrogen-bond acceptors (Lipinski definition) is 3. The molecule has 100 valence electrons. The summed E-state index contributed by atoms with van der Waals surface area (Å²) in [6.45, 7) is 3.98. The van der Waals surface area contributed by atoms with E-state index in [0.717, 1.165) is 16.9 Å². The third-order valence-corrected chi connectivity index (χ3v) is 2.79. The molecular weight excluding hydrogens is 238 g/mol. The molecule has 0 radical (unpaired) electrons. The number of nitrogens with zero attached hydrogens (tertiary/aromatic N) is 1. The highest BCUT2D eigenvalue weighted by molar-refractivity contribution is 5.29. The van der Waals surface area contributed by atoms with Crippen molar-refractivity contribution in [1.82, 2.24) is 4.98 Å². The normalized spacial score (nSPS) is 12.4. The van der Waals surface area contributed by atoms with Crippen LogP contribution in [0.3, 0.4) is 0 Å². The van der Waals surface area contributed by atoms with Gasteiger partial charge in [-0.1, -0.05) is 18.2 Å². The molecule has 1 aromatic heterocycles. The summed E-state index contributed by atoms with van der Waals surface area (Å²) >= 11 is 0. The molecular formula is C16H19NO2. The fourth-order valence-electron chi connectivity index (χ4n) is 1.90. The third kappa shape index (κ3) is 4.07. The van der Waals surface area contributed by atoms with Crippen LogP contribution < -0.4 is 4.74 Å². The summed E-state index contributed by atoms with van der Waals surface area (Å²) in [6, 6.07) is 11.4. The van der Waals surface area contributed by atoms with Crippen molar-refractivity contribution in [3.8, 4) is 5.75 Å². The molecule has 2 aromatic rings. The summed E-state index contributed by atoms with van der Waals surface area (Å²) in [5.74, 6) is 0.826. The van der Waals surface area contributed by atoms with Crippen LogP contribution in [0, 0.1) is 0 Å². The Hall–Kier alpha value is -1.87. The molecule has 0 amide bonds. The Morgan fingerprint density at radius 2 is 1.89 bits per heavy atom. The van der Waals surface area contributed by atoms with Gasteiger partial charge in [0.1, 0.15) is 5.75 Å². The van der Waals surface area contributed by atoms with Crippen molar-refractivity contribution in [2.45, 2.75) is 32.5 Å². The Morgan fingerprint density at radius 1 is 1.16 bits per heavy atom. The maximum Gasteiger partial charge on any atom is 0.119 e. The van der Waals surface area contributed by atoms with Gasteiger partial charge < -0.3 is 9.84 Å². The number of ether oxygens (including phenoxy) is 1. The fourth-order valence-corrected chi connectivity index (χ4v) is 1.90. The molecule has 19 heavy (non-hydrogen) atoms. The van der Waals surface area contributed by atoms with E-state index < -0.39 is 6.10 Å². The van der Waals surface area contributed by atoms with Gasteiger partial charge in [-0.05, 0) is 43.2 Å². The standard InChI is InChI=1S/C16H19NO2/c1-12(2)19-15-7-5-14(6-8-15)16(18)10-13-4-3-9-17-11-13/h3-9,11-12,16,18H,10H2,1-2H3. The van der Waals surface area contributed by atoms with Crippen LogP contribution in [0.2, 0.25) is 0 Å². The maximum atomic E-state index is 10.2. The lowest BCUT2D eigenvalue weighted by Crippen LogP contribution is -2.06. The largest absolute Gasteiger partial charge is 0.491 e. The van der Waals surface area contributed by atoms with Crippen molar-refractivity contribution in [3.05, 3.63) is 59.9 Å². The molecule has 1 unspecified atom stereocenters. The Morgan fingerprint density at radius 3 is 2.47 bits per heavy atom. The van der Waals surface area contributed by atoms with Crippen LogP contribution in [-0.2, 0) is 6.42 Å². The summed E-state index contributed by atoms with van der Waals surface area (Å²) in [6.07, 6.45) is 3.72. The maximum absolute atomic E-state index is 10.2. The zero-order valence-electron chi connectivity index (χ0n) is 11.3. The van der Waals surface area contributed by atoms with Gasteiger partial charge in [-0.25, -0.2) is 0 Å². The van der Waals surface area contributed by atoms with Crippen LogP contribution in [0.5, 0.6) is 5.75 Å². The van der Waals surface area contributed by atoms with Crippen LogP contribution in [0.4, 0.5) is 0 Å². The van der Waals surface area contributed by atoms with E-state index in [9.17, 15) is 5.11 Å². The summed E-state index contributed by atoms with van der Waals surface area (Å²) in [7, 11) is 0. The van der Waals surface area contributed by atoms with Gasteiger partial charge in [0.25, 0.3) is 0 Å². The first-order valence-electron chi connectivity index (χ1n) is 6.48. The van der Waals surface area contributed by atoms with Crippen LogP contribution in [0.15, 0.2) is 48.8 Å². The predicted octanol–water partition coefficient (Wildman–Crippen LogP) is 3.14. The summed E-state index contributed by atoms with van der Waals surface area (Å²) in [5.41, 5.74) is 1.91. The number of aliphatic hydroxyl groups excluding tert-OH is 1. The van der Waals surface area contributed by atoms with E-state index in [0.29, 0.717) is 6.42 Å². The quantitative estimate of drug-likeness (QED) is 0.894. The second kappa shape index (κ2) is 6.34. The number of benzene rings is 1. The predicted molar refractivity (Wildman–Crippen MR) is 75.1 cm³/mol. The first kappa shape index (κ1) is 13.6. The zero-order chi connectivity index (χ0) is 13.7. The third-order valence-electron chi connectivity index (χ3n) is 2.79. The van der Waals surface area contributed by atoms with Gasteiger partial charge >= 0.3 is 0 Å². The molecule has 0 spiro atoms. The Balaban J connectivity index is 2.01. The minimum absolute atomic E-state index is 0.158. The van der Waals surface area contributed by atoms with Gasteiger partial charge in [0, 0.05) is 18.8 Å². The lowest BCUT2D eigenvalue weighted by molar-refractivity contribution is 0.178. The van der Waals surface area contributed by atoms with Crippen molar-refractivity contribution >= 4 is 0 Å².